The molecule has 110 valence electrons. The molecular weight excluding hydrogens is 296 g/mol. The van der Waals surface area contributed by atoms with Gasteiger partial charge in [0.15, 0.2) is 5.75 Å². The van der Waals surface area contributed by atoms with E-state index in [4.69, 9.17) is 10.6 Å². The Morgan fingerprint density at radius 2 is 1.48 bits per heavy atom. The summed E-state index contributed by atoms with van der Waals surface area (Å²) in [5.74, 6) is 0.194. The first-order chi connectivity index (χ1) is 9.99. The maximum absolute atomic E-state index is 12.0. The lowest BCUT2D eigenvalue weighted by molar-refractivity contribution is -0.202. The van der Waals surface area contributed by atoms with Gasteiger partial charge in [-0.2, -0.15) is 8.42 Å². The SMILES string of the molecule is NC(=O)N(Oc1ccccc1)OS(=O)(=O)c1ccccc1. The number of para-hydroxylation sites is 1. The Bertz CT molecular complexity index is 704. The van der Waals surface area contributed by atoms with Crippen LogP contribution in [-0.2, 0) is 14.4 Å². The van der Waals surface area contributed by atoms with E-state index >= 15 is 0 Å². The van der Waals surface area contributed by atoms with Crippen molar-refractivity contribution in [1.82, 2.24) is 5.23 Å². The van der Waals surface area contributed by atoms with Crippen LogP contribution in [0.2, 0.25) is 0 Å². The molecule has 2 N–H and O–H groups in total. The van der Waals surface area contributed by atoms with Gasteiger partial charge in [0, 0.05) is 0 Å². The number of rotatable bonds is 5. The normalized spacial score (nSPS) is 10.9. The first kappa shape index (κ1) is 14.8. The molecule has 2 rings (SSSR count). The molecule has 2 aromatic carbocycles. The van der Waals surface area contributed by atoms with E-state index < -0.39 is 16.1 Å². The minimum Gasteiger partial charge on any atom is -0.348 e. The lowest BCUT2D eigenvalue weighted by Gasteiger charge is -2.18. The van der Waals surface area contributed by atoms with E-state index in [1.807, 2.05) is 0 Å². The molecule has 8 heteroatoms. The molecule has 0 saturated heterocycles. The van der Waals surface area contributed by atoms with Crippen molar-refractivity contribution in [2.75, 3.05) is 0 Å². The summed E-state index contributed by atoms with van der Waals surface area (Å²) in [4.78, 5) is 16.1. The molecule has 0 saturated carbocycles. The molecule has 0 bridgehead atoms. The van der Waals surface area contributed by atoms with E-state index in [2.05, 4.69) is 4.28 Å². The van der Waals surface area contributed by atoms with Gasteiger partial charge >= 0.3 is 16.1 Å². The summed E-state index contributed by atoms with van der Waals surface area (Å²) in [6.07, 6.45) is 0. The topological polar surface area (TPSA) is 98.9 Å². The summed E-state index contributed by atoms with van der Waals surface area (Å²) in [6.45, 7) is 0. The second-order valence-corrected chi connectivity index (χ2v) is 5.37. The fourth-order valence-electron chi connectivity index (χ4n) is 1.39. The first-order valence-electron chi connectivity index (χ1n) is 5.81. The minimum atomic E-state index is -4.22. The van der Waals surface area contributed by atoms with E-state index in [9.17, 15) is 13.2 Å². The summed E-state index contributed by atoms with van der Waals surface area (Å²) in [6, 6.07) is 14.1. The Kier molecular flexibility index (Phi) is 4.41. The van der Waals surface area contributed by atoms with Crippen molar-refractivity contribution in [3.8, 4) is 5.75 Å². The number of hydrogen-bond acceptors (Lipinski definition) is 5. The smallest absolute Gasteiger partial charge is 0.348 e. The summed E-state index contributed by atoms with van der Waals surface area (Å²) in [7, 11) is -4.22. The largest absolute Gasteiger partial charge is 0.375 e. The average Bonchev–Trinajstić information content (AvgIpc) is 2.48. The fourth-order valence-corrected chi connectivity index (χ4v) is 2.25. The van der Waals surface area contributed by atoms with Gasteiger partial charge in [0.1, 0.15) is 0 Å². The van der Waals surface area contributed by atoms with Crippen LogP contribution in [0.5, 0.6) is 5.75 Å². The predicted molar refractivity (Wildman–Crippen MR) is 73.2 cm³/mol. The van der Waals surface area contributed by atoms with Crippen LogP contribution in [-0.4, -0.2) is 19.7 Å². The van der Waals surface area contributed by atoms with Crippen molar-refractivity contribution in [3.63, 3.8) is 0 Å². The molecule has 0 aromatic heterocycles. The van der Waals surface area contributed by atoms with Gasteiger partial charge in [-0.1, -0.05) is 36.4 Å². The van der Waals surface area contributed by atoms with Gasteiger partial charge in [-0.15, -0.1) is 4.28 Å². The molecule has 0 aliphatic rings. The van der Waals surface area contributed by atoms with Gasteiger partial charge in [-0.05, 0) is 29.5 Å². The highest BCUT2D eigenvalue weighted by molar-refractivity contribution is 7.86. The van der Waals surface area contributed by atoms with Gasteiger partial charge in [-0.3, -0.25) is 0 Å². The highest BCUT2D eigenvalue weighted by atomic mass is 32.2. The Hall–Kier alpha value is -2.58. The zero-order valence-corrected chi connectivity index (χ0v) is 11.6. The van der Waals surface area contributed by atoms with E-state index in [1.165, 1.54) is 36.4 Å². The van der Waals surface area contributed by atoms with Crippen LogP contribution in [0.3, 0.4) is 0 Å². The number of urea groups is 1. The number of hydrogen-bond donors (Lipinski definition) is 1. The zero-order chi connectivity index (χ0) is 15.3. The first-order valence-corrected chi connectivity index (χ1v) is 7.22. The number of benzene rings is 2. The third-order valence-corrected chi connectivity index (χ3v) is 3.49. The summed E-state index contributed by atoms with van der Waals surface area (Å²) < 4.78 is 28.6. The monoisotopic (exact) mass is 308 g/mol. The predicted octanol–water partition coefficient (Wildman–Crippen LogP) is 1.68. The van der Waals surface area contributed by atoms with Gasteiger partial charge in [0.05, 0.1) is 4.90 Å². The van der Waals surface area contributed by atoms with Gasteiger partial charge in [-0.25, -0.2) is 4.79 Å². The quantitative estimate of drug-likeness (QED) is 0.847. The number of carbonyl (C=O) groups excluding carboxylic acids is 1. The van der Waals surface area contributed by atoms with Crippen LogP contribution < -0.4 is 10.6 Å². The Morgan fingerprint density at radius 1 is 0.952 bits per heavy atom. The molecule has 7 nitrogen and oxygen atoms in total. The summed E-state index contributed by atoms with van der Waals surface area (Å²) in [5, 5.41) is 0.109. The van der Waals surface area contributed by atoms with Crippen LogP contribution in [0.15, 0.2) is 65.6 Å². The fraction of sp³-hybridized carbons (Fsp3) is 0. The number of hydroxylamine groups is 2. The standard InChI is InChI=1S/C13H12N2O5S/c14-13(16)15(19-11-7-3-1-4-8-11)20-21(17,18)12-9-5-2-6-10-12/h1-10H,(H2,14,16). The van der Waals surface area contributed by atoms with Crippen LogP contribution in [0.1, 0.15) is 0 Å². The number of primary amides is 1. The third kappa shape index (κ3) is 3.94. The summed E-state index contributed by atoms with van der Waals surface area (Å²) >= 11 is 0. The molecule has 2 amide bonds. The molecule has 0 radical (unpaired) electrons. The molecule has 0 atom stereocenters. The lowest BCUT2D eigenvalue weighted by Crippen LogP contribution is -2.40. The maximum Gasteiger partial charge on any atom is 0.375 e. The van der Waals surface area contributed by atoms with Crippen LogP contribution >= 0.6 is 0 Å². The molecule has 0 aliphatic heterocycles. The zero-order valence-electron chi connectivity index (χ0n) is 10.7. The highest BCUT2D eigenvalue weighted by Gasteiger charge is 2.25. The molecule has 0 aliphatic carbocycles. The van der Waals surface area contributed by atoms with Crippen LogP contribution in [0.4, 0.5) is 4.79 Å². The van der Waals surface area contributed by atoms with Crippen LogP contribution in [0, 0.1) is 0 Å². The Labute approximate surface area is 121 Å². The van der Waals surface area contributed by atoms with Gasteiger partial charge in [0.2, 0.25) is 0 Å². The van der Waals surface area contributed by atoms with Crippen LogP contribution in [0.25, 0.3) is 0 Å². The Morgan fingerprint density at radius 3 is 2.00 bits per heavy atom. The second-order valence-electron chi connectivity index (χ2n) is 3.84. The van der Waals surface area contributed by atoms with E-state index in [0.29, 0.717) is 0 Å². The van der Waals surface area contributed by atoms with Gasteiger partial charge in [0.25, 0.3) is 0 Å². The van der Waals surface area contributed by atoms with E-state index in [0.717, 1.165) is 0 Å². The van der Waals surface area contributed by atoms with Crippen molar-refractivity contribution >= 4 is 16.1 Å². The average molecular weight is 308 g/mol. The maximum atomic E-state index is 12.0. The molecule has 0 heterocycles. The van der Waals surface area contributed by atoms with Crippen molar-refractivity contribution in [1.29, 1.82) is 0 Å². The van der Waals surface area contributed by atoms with Crippen molar-refractivity contribution < 1.29 is 22.3 Å². The van der Waals surface area contributed by atoms with E-state index in [-0.39, 0.29) is 15.9 Å². The molecule has 0 spiro atoms. The Balaban J connectivity index is 2.19. The minimum absolute atomic E-state index is 0.109. The number of nitrogens with zero attached hydrogens (tertiary/aromatic N) is 1. The number of carbonyl (C=O) groups is 1. The lowest BCUT2D eigenvalue weighted by atomic mass is 10.3. The second kappa shape index (κ2) is 6.25. The molecule has 0 unspecified atom stereocenters. The van der Waals surface area contributed by atoms with Crippen molar-refractivity contribution in [2.45, 2.75) is 4.90 Å². The molecule has 2 aromatic rings. The molecule has 21 heavy (non-hydrogen) atoms. The van der Waals surface area contributed by atoms with Crippen molar-refractivity contribution in [2.24, 2.45) is 5.73 Å². The van der Waals surface area contributed by atoms with Crippen molar-refractivity contribution in [3.05, 3.63) is 60.7 Å². The van der Waals surface area contributed by atoms with E-state index in [1.54, 1.807) is 24.3 Å². The highest BCUT2D eigenvalue weighted by Crippen LogP contribution is 2.16. The molecule has 0 fully saturated rings. The van der Waals surface area contributed by atoms with Gasteiger partial charge < -0.3 is 10.6 Å². The molecular formula is C13H12N2O5S. The number of amides is 2. The third-order valence-electron chi connectivity index (χ3n) is 2.31. The number of nitrogens with two attached hydrogens (primary N) is 1. The summed E-state index contributed by atoms with van der Waals surface area (Å²) in [5.41, 5.74) is 5.04.